The molecule has 0 spiro atoms. The Bertz CT molecular complexity index is 318. The lowest BCUT2D eigenvalue weighted by Crippen LogP contribution is -2.44. The average molecular weight is 235 g/mol. The van der Waals surface area contributed by atoms with Crippen LogP contribution in [0.3, 0.4) is 0 Å². The van der Waals surface area contributed by atoms with Gasteiger partial charge in [-0.3, -0.25) is 0 Å². The van der Waals surface area contributed by atoms with E-state index < -0.39 is 0 Å². The van der Waals surface area contributed by atoms with Crippen LogP contribution in [0.5, 0.6) is 0 Å². The summed E-state index contributed by atoms with van der Waals surface area (Å²) in [6.45, 7) is 6.69. The Balaban J connectivity index is 1.60. The van der Waals surface area contributed by atoms with E-state index in [1.54, 1.807) is 6.20 Å². The minimum Gasteiger partial charge on any atom is -0.397 e. The smallest absolute Gasteiger partial charge is 0.126 e. The number of nitrogen functional groups attached to an aromatic ring is 1. The Morgan fingerprint density at radius 3 is 2.88 bits per heavy atom. The van der Waals surface area contributed by atoms with E-state index >= 15 is 0 Å². The van der Waals surface area contributed by atoms with Crippen molar-refractivity contribution >= 4 is 11.5 Å². The Morgan fingerprint density at radius 1 is 1.35 bits per heavy atom. The quantitative estimate of drug-likeness (QED) is 0.644. The molecular weight excluding hydrogens is 214 g/mol. The van der Waals surface area contributed by atoms with Crippen molar-refractivity contribution in [2.24, 2.45) is 0 Å². The number of hydrogen-bond donors (Lipinski definition) is 3. The molecule has 2 heterocycles. The molecule has 94 valence electrons. The van der Waals surface area contributed by atoms with E-state index in [1.807, 2.05) is 12.1 Å². The standard InChI is InChI=1S/C12H21N5/c13-11-2-3-12(16-10-11)15-4-1-7-17-8-5-14-6-9-17/h2-3,10,14H,1,4-9,13H2,(H,15,16). The van der Waals surface area contributed by atoms with Gasteiger partial charge >= 0.3 is 0 Å². The normalized spacial score (nSPS) is 16.9. The summed E-state index contributed by atoms with van der Waals surface area (Å²) in [5.74, 6) is 0.902. The van der Waals surface area contributed by atoms with Gasteiger partial charge in [0, 0.05) is 32.7 Å². The van der Waals surface area contributed by atoms with Crippen molar-refractivity contribution in [3.05, 3.63) is 18.3 Å². The highest BCUT2D eigenvalue weighted by atomic mass is 15.2. The maximum atomic E-state index is 5.58. The molecule has 5 heteroatoms. The van der Waals surface area contributed by atoms with Gasteiger partial charge in [0.2, 0.25) is 0 Å². The lowest BCUT2D eigenvalue weighted by Gasteiger charge is -2.27. The van der Waals surface area contributed by atoms with Crippen molar-refractivity contribution in [1.29, 1.82) is 0 Å². The van der Waals surface area contributed by atoms with E-state index in [2.05, 4.69) is 20.5 Å². The zero-order valence-corrected chi connectivity index (χ0v) is 10.2. The van der Waals surface area contributed by atoms with Crippen LogP contribution < -0.4 is 16.4 Å². The largest absolute Gasteiger partial charge is 0.397 e. The van der Waals surface area contributed by atoms with Crippen LogP contribution in [0.15, 0.2) is 18.3 Å². The summed E-state index contributed by atoms with van der Waals surface area (Å²) in [7, 11) is 0. The van der Waals surface area contributed by atoms with Gasteiger partial charge in [-0.2, -0.15) is 0 Å². The predicted molar refractivity (Wildman–Crippen MR) is 71.1 cm³/mol. The Morgan fingerprint density at radius 2 is 2.18 bits per heavy atom. The summed E-state index contributed by atoms with van der Waals surface area (Å²) in [5, 5.41) is 6.66. The van der Waals surface area contributed by atoms with Crippen LogP contribution in [-0.2, 0) is 0 Å². The molecule has 0 unspecified atom stereocenters. The summed E-state index contributed by atoms with van der Waals surface area (Å²) < 4.78 is 0. The van der Waals surface area contributed by atoms with Crippen LogP contribution >= 0.6 is 0 Å². The second-order valence-corrected chi connectivity index (χ2v) is 4.35. The first kappa shape index (κ1) is 12.1. The van der Waals surface area contributed by atoms with Crippen molar-refractivity contribution in [3.8, 4) is 0 Å². The molecule has 1 aliphatic heterocycles. The van der Waals surface area contributed by atoms with Crippen LogP contribution in [0.25, 0.3) is 0 Å². The second kappa shape index (κ2) is 6.42. The van der Waals surface area contributed by atoms with E-state index in [1.165, 1.54) is 13.1 Å². The van der Waals surface area contributed by atoms with E-state index in [9.17, 15) is 0 Å². The molecule has 5 nitrogen and oxygen atoms in total. The Hall–Kier alpha value is -1.33. The predicted octanol–water partition coefficient (Wildman–Crippen LogP) is 0.371. The number of nitrogens with two attached hydrogens (primary N) is 1. The molecular formula is C12H21N5. The molecule has 17 heavy (non-hydrogen) atoms. The highest BCUT2D eigenvalue weighted by molar-refractivity contribution is 5.43. The minimum atomic E-state index is 0.705. The van der Waals surface area contributed by atoms with Crippen molar-refractivity contribution in [2.75, 3.05) is 50.3 Å². The van der Waals surface area contributed by atoms with Gasteiger partial charge in [0.15, 0.2) is 0 Å². The van der Waals surface area contributed by atoms with Crippen molar-refractivity contribution in [3.63, 3.8) is 0 Å². The molecule has 2 rings (SSSR count). The first-order valence-corrected chi connectivity index (χ1v) is 6.23. The molecule has 1 aromatic heterocycles. The van der Waals surface area contributed by atoms with E-state index in [0.717, 1.165) is 38.4 Å². The molecule has 1 fully saturated rings. The van der Waals surface area contributed by atoms with Crippen molar-refractivity contribution < 1.29 is 0 Å². The van der Waals surface area contributed by atoms with Crippen molar-refractivity contribution in [2.45, 2.75) is 6.42 Å². The van der Waals surface area contributed by atoms with E-state index in [0.29, 0.717) is 5.69 Å². The third-order valence-electron chi connectivity index (χ3n) is 2.95. The summed E-state index contributed by atoms with van der Waals surface area (Å²) in [6.07, 6.45) is 2.82. The molecule has 0 aliphatic carbocycles. The summed E-state index contributed by atoms with van der Waals surface area (Å²) in [5.41, 5.74) is 6.28. The summed E-state index contributed by atoms with van der Waals surface area (Å²) >= 11 is 0. The minimum absolute atomic E-state index is 0.705. The maximum absolute atomic E-state index is 5.58. The molecule has 0 aromatic carbocycles. The molecule has 0 bridgehead atoms. The molecule has 1 aromatic rings. The van der Waals surface area contributed by atoms with Gasteiger partial charge in [0.05, 0.1) is 11.9 Å². The van der Waals surface area contributed by atoms with Gasteiger partial charge in [-0.15, -0.1) is 0 Å². The van der Waals surface area contributed by atoms with Gasteiger partial charge in [-0.25, -0.2) is 4.98 Å². The molecule has 0 atom stereocenters. The molecule has 1 aliphatic rings. The fourth-order valence-electron chi connectivity index (χ4n) is 1.96. The first-order valence-electron chi connectivity index (χ1n) is 6.23. The first-order chi connectivity index (χ1) is 8.34. The van der Waals surface area contributed by atoms with Crippen LogP contribution in [0, 0.1) is 0 Å². The maximum Gasteiger partial charge on any atom is 0.126 e. The second-order valence-electron chi connectivity index (χ2n) is 4.35. The van der Waals surface area contributed by atoms with E-state index in [-0.39, 0.29) is 0 Å². The molecule has 0 saturated carbocycles. The molecule has 4 N–H and O–H groups in total. The highest BCUT2D eigenvalue weighted by Crippen LogP contribution is 2.05. The van der Waals surface area contributed by atoms with Crippen LogP contribution in [-0.4, -0.2) is 49.2 Å². The van der Waals surface area contributed by atoms with Crippen LogP contribution in [0.4, 0.5) is 11.5 Å². The summed E-state index contributed by atoms with van der Waals surface area (Å²) in [4.78, 5) is 6.70. The number of nitrogens with one attached hydrogen (secondary N) is 2. The van der Waals surface area contributed by atoms with Gasteiger partial charge < -0.3 is 21.3 Å². The number of piperazine rings is 1. The fourth-order valence-corrected chi connectivity index (χ4v) is 1.96. The lowest BCUT2D eigenvalue weighted by molar-refractivity contribution is 0.240. The Labute approximate surface area is 102 Å². The highest BCUT2D eigenvalue weighted by Gasteiger charge is 2.07. The van der Waals surface area contributed by atoms with Crippen LogP contribution in [0.2, 0.25) is 0 Å². The SMILES string of the molecule is Nc1ccc(NCCCN2CCNCC2)nc1. The van der Waals surface area contributed by atoms with Gasteiger partial charge in [-0.05, 0) is 25.1 Å². The monoisotopic (exact) mass is 235 g/mol. The zero-order chi connectivity index (χ0) is 11.9. The fraction of sp³-hybridized carbons (Fsp3) is 0.583. The van der Waals surface area contributed by atoms with Gasteiger partial charge in [-0.1, -0.05) is 0 Å². The average Bonchev–Trinajstić information content (AvgIpc) is 2.38. The number of aromatic nitrogens is 1. The zero-order valence-electron chi connectivity index (χ0n) is 10.2. The third kappa shape index (κ3) is 4.20. The number of hydrogen-bond acceptors (Lipinski definition) is 5. The molecule has 0 radical (unpaired) electrons. The lowest BCUT2D eigenvalue weighted by atomic mass is 10.3. The summed E-state index contributed by atoms with van der Waals surface area (Å²) in [6, 6.07) is 3.78. The van der Waals surface area contributed by atoms with Crippen LogP contribution in [0.1, 0.15) is 6.42 Å². The van der Waals surface area contributed by atoms with E-state index in [4.69, 9.17) is 5.73 Å². The number of pyridine rings is 1. The van der Waals surface area contributed by atoms with Crippen molar-refractivity contribution in [1.82, 2.24) is 15.2 Å². The number of anilines is 2. The third-order valence-corrected chi connectivity index (χ3v) is 2.95. The number of rotatable bonds is 5. The Kier molecular flexibility index (Phi) is 4.58. The molecule has 0 amide bonds. The van der Waals surface area contributed by atoms with Gasteiger partial charge in [0.1, 0.15) is 5.82 Å². The molecule has 1 saturated heterocycles. The topological polar surface area (TPSA) is 66.2 Å². The van der Waals surface area contributed by atoms with Gasteiger partial charge in [0.25, 0.3) is 0 Å². The number of nitrogens with zero attached hydrogens (tertiary/aromatic N) is 2.